The van der Waals surface area contributed by atoms with Crippen molar-refractivity contribution in [2.45, 2.75) is 43.8 Å². The van der Waals surface area contributed by atoms with Crippen LogP contribution in [0.25, 0.3) is 10.8 Å². The maximum Gasteiger partial charge on any atom is 0.314 e. The highest BCUT2D eigenvalue weighted by atomic mass is 16.4. The molecule has 1 saturated heterocycles. The summed E-state index contributed by atoms with van der Waals surface area (Å²) in [5, 5.41) is 12.3. The van der Waals surface area contributed by atoms with E-state index in [1.54, 1.807) is 29.2 Å². The molecule has 4 atom stereocenters. The van der Waals surface area contributed by atoms with Crippen LogP contribution >= 0.6 is 0 Å². The Morgan fingerprint density at radius 2 is 1.60 bits per heavy atom. The molecule has 35 heavy (non-hydrogen) atoms. The number of carboxylic acid groups (broad SMARTS) is 1. The van der Waals surface area contributed by atoms with Crippen LogP contribution in [0.5, 0.6) is 0 Å². The highest BCUT2D eigenvalue weighted by molar-refractivity contribution is 6.23. The number of nitrogens with zero attached hydrogens (tertiary/aromatic N) is 2. The van der Waals surface area contributed by atoms with Crippen molar-refractivity contribution in [3.05, 3.63) is 82.9 Å². The van der Waals surface area contributed by atoms with Gasteiger partial charge in [-0.05, 0) is 46.9 Å². The normalized spacial score (nSPS) is 28.8. The molecule has 7 nitrogen and oxygen atoms in total. The smallest absolute Gasteiger partial charge is 0.314 e. The Morgan fingerprint density at radius 1 is 0.914 bits per heavy atom. The molecular formula is C28H22N2O5. The van der Waals surface area contributed by atoms with E-state index in [4.69, 9.17) is 0 Å². The second kappa shape index (κ2) is 6.78. The molecule has 0 radical (unpaired) electrons. The van der Waals surface area contributed by atoms with Crippen LogP contribution in [0, 0.1) is 5.41 Å². The third-order valence-electron chi connectivity index (χ3n) is 8.61. The van der Waals surface area contributed by atoms with Gasteiger partial charge in [-0.25, -0.2) is 0 Å². The van der Waals surface area contributed by atoms with E-state index < -0.39 is 41.3 Å². The molecule has 0 spiro atoms. The summed E-state index contributed by atoms with van der Waals surface area (Å²) in [5.41, 5.74) is 1.22. The van der Waals surface area contributed by atoms with Crippen molar-refractivity contribution in [3.63, 3.8) is 0 Å². The number of carbonyl (C=O) groups is 4. The van der Waals surface area contributed by atoms with E-state index in [-0.39, 0.29) is 12.3 Å². The zero-order valence-corrected chi connectivity index (χ0v) is 18.8. The largest absolute Gasteiger partial charge is 0.481 e. The predicted octanol–water partition coefficient (Wildman–Crippen LogP) is 3.57. The monoisotopic (exact) mass is 466 g/mol. The molecule has 7 heteroatoms. The molecule has 4 aliphatic rings. The molecule has 1 aliphatic carbocycles. The minimum absolute atomic E-state index is 0.163. The molecule has 3 aliphatic heterocycles. The fraction of sp³-hybridized carbons (Fsp3) is 0.286. The first kappa shape index (κ1) is 20.4. The number of benzene rings is 3. The minimum Gasteiger partial charge on any atom is -0.481 e. The van der Waals surface area contributed by atoms with Gasteiger partial charge in [-0.3, -0.25) is 24.1 Å². The summed E-state index contributed by atoms with van der Waals surface area (Å²) in [4.78, 5) is 56.4. The van der Waals surface area contributed by atoms with Crippen LogP contribution in [0.3, 0.4) is 0 Å². The molecule has 3 aromatic carbocycles. The van der Waals surface area contributed by atoms with Crippen LogP contribution in [0.4, 0.5) is 0 Å². The van der Waals surface area contributed by atoms with Gasteiger partial charge >= 0.3 is 5.97 Å². The number of carbonyl (C=O) groups excluding carboxylic acids is 3. The molecule has 4 unspecified atom stereocenters. The van der Waals surface area contributed by atoms with Gasteiger partial charge in [-0.15, -0.1) is 0 Å². The second-order valence-electron chi connectivity index (χ2n) is 10.0. The summed E-state index contributed by atoms with van der Waals surface area (Å²) >= 11 is 0. The summed E-state index contributed by atoms with van der Waals surface area (Å²) in [6.45, 7) is 0. The Labute approximate surface area is 200 Å². The Bertz CT molecular complexity index is 1460. The van der Waals surface area contributed by atoms with E-state index in [1.165, 1.54) is 0 Å². The van der Waals surface area contributed by atoms with Gasteiger partial charge in [-0.1, -0.05) is 55.0 Å². The number of hydrogen-bond donors (Lipinski definition) is 1. The SMILES string of the molecule is O=C1c2ccccc2C(=O)N1C1Cc2c(ccc3ccccc23)C2N(C1=O)C1CCCC12C(=O)O. The molecule has 3 aromatic rings. The number of imide groups is 1. The lowest BCUT2D eigenvalue weighted by molar-refractivity contribution is -0.191. The number of aliphatic carboxylic acids is 1. The lowest BCUT2D eigenvalue weighted by Gasteiger charge is -2.59. The van der Waals surface area contributed by atoms with Gasteiger partial charge in [0.25, 0.3) is 11.8 Å². The molecule has 0 bridgehead atoms. The van der Waals surface area contributed by atoms with Crippen LogP contribution in [0.1, 0.15) is 57.1 Å². The molecular weight excluding hydrogens is 444 g/mol. The molecule has 0 aromatic heterocycles. The highest BCUT2D eigenvalue weighted by Gasteiger charge is 2.71. The second-order valence-corrected chi connectivity index (χ2v) is 10.0. The topological polar surface area (TPSA) is 95.0 Å². The summed E-state index contributed by atoms with van der Waals surface area (Å²) in [7, 11) is 0. The van der Waals surface area contributed by atoms with Crippen LogP contribution < -0.4 is 0 Å². The van der Waals surface area contributed by atoms with E-state index in [0.717, 1.165) is 33.2 Å². The number of amides is 3. The van der Waals surface area contributed by atoms with Crippen molar-refractivity contribution in [1.29, 1.82) is 0 Å². The van der Waals surface area contributed by atoms with Gasteiger partial charge in [-0.2, -0.15) is 0 Å². The van der Waals surface area contributed by atoms with Crippen molar-refractivity contribution >= 4 is 34.5 Å². The van der Waals surface area contributed by atoms with Crippen molar-refractivity contribution in [2.24, 2.45) is 5.41 Å². The van der Waals surface area contributed by atoms with Gasteiger partial charge in [0.2, 0.25) is 5.91 Å². The average molecular weight is 466 g/mol. The molecule has 174 valence electrons. The van der Waals surface area contributed by atoms with Crippen molar-refractivity contribution in [1.82, 2.24) is 9.80 Å². The lowest BCUT2D eigenvalue weighted by Crippen LogP contribution is -2.70. The third-order valence-corrected chi connectivity index (χ3v) is 8.61. The van der Waals surface area contributed by atoms with Crippen LogP contribution in [0.15, 0.2) is 60.7 Å². The third kappa shape index (κ3) is 2.35. The number of hydrogen-bond acceptors (Lipinski definition) is 4. The molecule has 3 amide bonds. The predicted molar refractivity (Wildman–Crippen MR) is 126 cm³/mol. The summed E-state index contributed by atoms with van der Waals surface area (Å²) in [5.74, 6) is -2.16. The zero-order valence-electron chi connectivity index (χ0n) is 18.8. The first-order chi connectivity index (χ1) is 16.9. The van der Waals surface area contributed by atoms with Crippen LogP contribution in [-0.4, -0.2) is 50.7 Å². The maximum atomic E-state index is 14.1. The maximum absolute atomic E-state index is 14.1. The zero-order chi connectivity index (χ0) is 24.1. The standard InChI is InChI=1S/C28H22N2O5/c31-24-18-8-3-4-9-19(18)25(32)29(24)21-14-20-16-7-2-1-6-15(16)11-12-17(20)23-28(27(34)35)13-5-10-22(28)30(23)26(21)33/h1-4,6-9,11-12,21-23H,5,10,13-14H2,(H,34,35). The van der Waals surface area contributed by atoms with Gasteiger partial charge in [0.15, 0.2) is 0 Å². The molecule has 7 rings (SSSR count). The molecule has 3 heterocycles. The fourth-order valence-corrected chi connectivity index (χ4v) is 7.12. The van der Waals surface area contributed by atoms with E-state index in [9.17, 15) is 24.3 Å². The molecule has 1 saturated carbocycles. The van der Waals surface area contributed by atoms with Gasteiger partial charge in [0, 0.05) is 6.42 Å². The van der Waals surface area contributed by atoms with E-state index in [1.807, 2.05) is 36.4 Å². The Hall–Kier alpha value is -4.00. The molecule has 1 N–H and O–H groups in total. The quantitative estimate of drug-likeness (QED) is 0.583. The lowest BCUT2D eigenvalue weighted by atomic mass is 9.63. The van der Waals surface area contributed by atoms with Crippen molar-refractivity contribution in [2.75, 3.05) is 0 Å². The van der Waals surface area contributed by atoms with E-state index in [0.29, 0.717) is 24.0 Å². The Balaban J connectivity index is 1.45. The minimum atomic E-state index is -1.04. The summed E-state index contributed by atoms with van der Waals surface area (Å²) in [6.07, 6.45) is 1.99. The van der Waals surface area contributed by atoms with Crippen molar-refractivity contribution < 1.29 is 24.3 Å². The Kier molecular flexibility index (Phi) is 3.95. The summed E-state index contributed by atoms with van der Waals surface area (Å²) in [6, 6.07) is 16.2. The number of rotatable bonds is 2. The number of fused-ring (bicyclic) bond motifs is 9. The molecule has 2 fully saturated rings. The number of carboxylic acids is 1. The average Bonchev–Trinajstić information content (AvgIpc) is 3.31. The first-order valence-corrected chi connectivity index (χ1v) is 12.0. The highest BCUT2D eigenvalue weighted by Crippen LogP contribution is 2.64. The van der Waals surface area contributed by atoms with E-state index >= 15 is 0 Å². The van der Waals surface area contributed by atoms with Gasteiger partial charge in [0.05, 0.1) is 23.2 Å². The van der Waals surface area contributed by atoms with Gasteiger partial charge < -0.3 is 10.0 Å². The van der Waals surface area contributed by atoms with E-state index in [2.05, 4.69) is 0 Å². The van der Waals surface area contributed by atoms with Crippen LogP contribution in [0.2, 0.25) is 0 Å². The summed E-state index contributed by atoms with van der Waals surface area (Å²) < 4.78 is 0. The Morgan fingerprint density at radius 3 is 2.31 bits per heavy atom. The van der Waals surface area contributed by atoms with Crippen LogP contribution in [-0.2, 0) is 16.0 Å². The van der Waals surface area contributed by atoms with Gasteiger partial charge in [0.1, 0.15) is 11.5 Å². The first-order valence-electron chi connectivity index (χ1n) is 12.0. The van der Waals surface area contributed by atoms with Crippen molar-refractivity contribution in [3.8, 4) is 0 Å². The fourth-order valence-electron chi connectivity index (χ4n) is 7.12.